The Bertz CT molecular complexity index is 1300. The van der Waals surface area contributed by atoms with Crippen LogP contribution in [-0.2, 0) is 4.79 Å². The number of nitrogens with one attached hydrogen (secondary N) is 2. The van der Waals surface area contributed by atoms with E-state index in [1.165, 1.54) is 28.8 Å². The summed E-state index contributed by atoms with van der Waals surface area (Å²) in [4.78, 5) is 21.4. The van der Waals surface area contributed by atoms with E-state index in [2.05, 4.69) is 30.4 Å². The first-order valence-corrected chi connectivity index (χ1v) is 9.93. The number of carbonyl (C=O) groups excluding carboxylic acids is 1. The fourth-order valence-corrected chi connectivity index (χ4v) is 3.64. The zero-order valence-corrected chi connectivity index (χ0v) is 16.6. The Morgan fingerprint density at radius 1 is 1.09 bits per heavy atom. The average Bonchev–Trinajstić information content (AvgIpc) is 3.21. The quantitative estimate of drug-likeness (QED) is 0.502. The zero-order chi connectivity index (χ0) is 22.3. The minimum Gasteiger partial charge on any atom is -0.406 e. The highest BCUT2D eigenvalue weighted by atomic mass is 19.4. The van der Waals surface area contributed by atoms with E-state index in [9.17, 15) is 18.0 Å². The molecule has 0 saturated carbocycles. The normalized spacial score (nSPS) is 16.8. The molecule has 1 fully saturated rings. The van der Waals surface area contributed by atoms with Crippen LogP contribution in [0, 0.1) is 0 Å². The molecule has 1 atom stereocenters. The number of nitrogens with zero attached hydrogens (tertiary/aromatic N) is 4. The molecule has 0 spiro atoms. The number of aromatic nitrogens is 4. The van der Waals surface area contributed by atoms with Crippen LogP contribution in [0.1, 0.15) is 12.8 Å². The third-order valence-electron chi connectivity index (χ3n) is 5.11. The van der Waals surface area contributed by atoms with Gasteiger partial charge in [0.15, 0.2) is 11.5 Å². The summed E-state index contributed by atoms with van der Waals surface area (Å²) in [7, 11) is 0. The first-order valence-electron chi connectivity index (χ1n) is 9.93. The van der Waals surface area contributed by atoms with Gasteiger partial charge in [0.1, 0.15) is 11.8 Å². The van der Waals surface area contributed by atoms with Crippen LogP contribution in [0.2, 0.25) is 0 Å². The van der Waals surface area contributed by atoms with Crippen molar-refractivity contribution in [1.29, 1.82) is 0 Å². The van der Waals surface area contributed by atoms with E-state index in [0.29, 0.717) is 41.5 Å². The van der Waals surface area contributed by atoms with E-state index >= 15 is 0 Å². The molecule has 0 aliphatic carbocycles. The topological polar surface area (TPSA) is 93.4 Å². The number of rotatable bonds is 4. The lowest BCUT2D eigenvalue weighted by atomic mass is 10.1. The van der Waals surface area contributed by atoms with E-state index in [4.69, 9.17) is 0 Å². The lowest BCUT2D eigenvalue weighted by molar-refractivity contribution is -0.274. The molecular formula is C21H17F3N6O2. The van der Waals surface area contributed by atoms with Crippen molar-refractivity contribution in [3.63, 3.8) is 0 Å². The lowest BCUT2D eigenvalue weighted by Gasteiger charge is -2.23. The second-order valence-corrected chi connectivity index (χ2v) is 7.33. The van der Waals surface area contributed by atoms with Gasteiger partial charge in [-0.15, -0.1) is 18.3 Å². The lowest BCUT2D eigenvalue weighted by Crippen LogP contribution is -2.44. The van der Waals surface area contributed by atoms with E-state index in [0.717, 1.165) is 11.8 Å². The SMILES string of the molecule is O=C1NCCC[C@H]1Nc1nc2ccccc2c2nc(-c3ccc(OC(F)(F)F)cc3)nn12. The monoisotopic (exact) mass is 442 g/mol. The summed E-state index contributed by atoms with van der Waals surface area (Å²) in [6.45, 7) is 0.638. The van der Waals surface area contributed by atoms with Crippen LogP contribution in [-0.4, -0.2) is 44.4 Å². The first-order chi connectivity index (χ1) is 15.4. The minimum absolute atomic E-state index is 0.111. The van der Waals surface area contributed by atoms with Gasteiger partial charge in [-0.05, 0) is 49.2 Å². The molecule has 1 saturated heterocycles. The maximum Gasteiger partial charge on any atom is 0.573 e. The molecule has 5 rings (SSSR count). The van der Waals surface area contributed by atoms with Crippen molar-refractivity contribution in [3.8, 4) is 17.1 Å². The third-order valence-corrected chi connectivity index (χ3v) is 5.11. The Morgan fingerprint density at radius 3 is 2.62 bits per heavy atom. The highest BCUT2D eigenvalue weighted by Crippen LogP contribution is 2.28. The summed E-state index contributed by atoms with van der Waals surface area (Å²) in [5.41, 5.74) is 1.69. The molecule has 32 heavy (non-hydrogen) atoms. The summed E-state index contributed by atoms with van der Waals surface area (Å²) in [5.74, 6) is 0.220. The number of ether oxygens (including phenoxy) is 1. The molecule has 8 nitrogen and oxygen atoms in total. The fourth-order valence-electron chi connectivity index (χ4n) is 3.64. The van der Waals surface area contributed by atoms with Crippen LogP contribution in [0.5, 0.6) is 5.75 Å². The molecule has 3 heterocycles. The van der Waals surface area contributed by atoms with Crippen molar-refractivity contribution in [2.75, 3.05) is 11.9 Å². The molecule has 1 amide bonds. The number of benzene rings is 2. The van der Waals surface area contributed by atoms with Gasteiger partial charge < -0.3 is 15.4 Å². The predicted octanol–water partition coefficient (Wildman–Crippen LogP) is 3.53. The number of para-hydroxylation sites is 1. The van der Waals surface area contributed by atoms with Crippen molar-refractivity contribution in [1.82, 2.24) is 24.9 Å². The maximum absolute atomic E-state index is 12.4. The van der Waals surface area contributed by atoms with Crippen LogP contribution in [0.25, 0.3) is 27.9 Å². The number of amides is 1. The Labute approximate surface area is 179 Å². The number of anilines is 1. The first kappa shape index (κ1) is 20.0. The number of hydrogen-bond acceptors (Lipinski definition) is 6. The molecule has 2 aromatic carbocycles. The number of piperidine rings is 1. The number of carbonyl (C=O) groups is 1. The molecule has 0 bridgehead atoms. The second kappa shape index (κ2) is 7.66. The molecule has 164 valence electrons. The van der Waals surface area contributed by atoms with E-state index in [-0.39, 0.29) is 11.7 Å². The summed E-state index contributed by atoms with van der Waals surface area (Å²) < 4.78 is 42.7. The molecule has 1 aliphatic rings. The zero-order valence-electron chi connectivity index (χ0n) is 16.6. The van der Waals surface area contributed by atoms with Gasteiger partial charge in [-0.3, -0.25) is 4.79 Å². The maximum atomic E-state index is 12.4. The van der Waals surface area contributed by atoms with Crippen molar-refractivity contribution in [2.45, 2.75) is 25.2 Å². The Morgan fingerprint density at radius 2 is 1.88 bits per heavy atom. The molecule has 2 N–H and O–H groups in total. The Hall–Kier alpha value is -3.89. The number of halogens is 3. The summed E-state index contributed by atoms with van der Waals surface area (Å²) in [5, 5.41) is 11.2. The van der Waals surface area contributed by atoms with E-state index < -0.39 is 12.4 Å². The Kier molecular flexibility index (Phi) is 4.80. The highest BCUT2D eigenvalue weighted by Gasteiger charge is 2.31. The van der Waals surface area contributed by atoms with Crippen LogP contribution in [0.3, 0.4) is 0 Å². The molecule has 11 heteroatoms. The van der Waals surface area contributed by atoms with Crippen molar-refractivity contribution in [3.05, 3.63) is 48.5 Å². The molecular weight excluding hydrogens is 425 g/mol. The predicted molar refractivity (Wildman–Crippen MR) is 110 cm³/mol. The number of fused-ring (bicyclic) bond motifs is 3. The summed E-state index contributed by atoms with van der Waals surface area (Å²) in [6, 6.07) is 12.2. The molecule has 1 aliphatic heterocycles. The third kappa shape index (κ3) is 3.88. The van der Waals surface area contributed by atoms with Gasteiger partial charge in [0.2, 0.25) is 11.9 Å². The van der Waals surface area contributed by atoms with Crippen LogP contribution in [0.15, 0.2) is 48.5 Å². The van der Waals surface area contributed by atoms with E-state index in [1.807, 2.05) is 24.3 Å². The van der Waals surface area contributed by atoms with Gasteiger partial charge in [-0.1, -0.05) is 12.1 Å². The minimum atomic E-state index is -4.76. The average molecular weight is 442 g/mol. The van der Waals surface area contributed by atoms with Crippen molar-refractivity contribution >= 4 is 28.4 Å². The largest absolute Gasteiger partial charge is 0.573 e. The van der Waals surface area contributed by atoms with Gasteiger partial charge in [-0.25, -0.2) is 9.97 Å². The number of hydrogen-bond donors (Lipinski definition) is 2. The van der Waals surface area contributed by atoms with Gasteiger partial charge in [-0.2, -0.15) is 4.52 Å². The van der Waals surface area contributed by atoms with E-state index in [1.54, 1.807) is 0 Å². The Balaban J connectivity index is 1.57. The van der Waals surface area contributed by atoms with Crippen LogP contribution < -0.4 is 15.4 Å². The standard InChI is InChI=1S/C21H17F3N6O2/c22-21(23,24)32-13-9-7-12(8-10-13)17-28-18-14-4-1-2-5-15(14)26-20(30(18)29-17)27-16-6-3-11-25-19(16)31/h1-2,4-5,7-10,16H,3,6,11H2,(H,25,31)(H,26,27)/t16-/m1/s1. The molecule has 2 aromatic heterocycles. The summed E-state index contributed by atoms with van der Waals surface area (Å²) >= 11 is 0. The fraction of sp³-hybridized carbons (Fsp3) is 0.238. The molecule has 0 radical (unpaired) electrons. The van der Waals surface area contributed by atoms with Gasteiger partial charge >= 0.3 is 6.36 Å². The van der Waals surface area contributed by atoms with Crippen LogP contribution in [0.4, 0.5) is 19.1 Å². The highest BCUT2D eigenvalue weighted by molar-refractivity contribution is 5.93. The molecule has 0 unspecified atom stereocenters. The smallest absolute Gasteiger partial charge is 0.406 e. The van der Waals surface area contributed by atoms with Crippen LogP contribution >= 0.6 is 0 Å². The number of alkyl halides is 3. The van der Waals surface area contributed by atoms with Crippen molar-refractivity contribution < 1.29 is 22.7 Å². The van der Waals surface area contributed by atoms with Crippen molar-refractivity contribution in [2.24, 2.45) is 0 Å². The second-order valence-electron chi connectivity index (χ2n) is 7.33. The van der Waals surface area contributed by atoms with Gasteiger partial charge in [0, 0.05) is 17.5 Å². The summed E-state index contributed by atoms with van der Waals surface area (Å²) in [6.07, 6.45) is -3.27. The molecule has 4 aromatic rings. The van der Waals surface area contributed by atoms with Gasteiger partial charge in [0.05, 0.1) is 5.52 Å². The van der Waals surface area contributed by atoms with Gasteiger partial charge in [0.25, 0.3) is 0 Å².